The van der Waals surface area contributed by atoms with Gasteiger partial charge in [-0.15, -0.1) is 0 Å². The van der Waals surface area contributed by atoms with Gasteiger partial charge in [0.2, 0.25) is 0 Å². The molecule has 6 nitrogen and oxygen atoms in total. The summed E-state index contributed by atoms with van der Waals surface area (Å²) in [5, 5.41) is 4.71. The minimum atomic E-state index is 0.0194. The molecule has 0 aromatic carbocycles. The second-order valence-corrected chi connectivity index (χ2v) is 6.86. The lowest BCUT2D eigenvalue weighted by Crippen LogP contribution is -2.41. The predicted molar refractivity (Wildman–Crippen MR) is 97.8 cm³/mol. The molecule has 1 aliphatic carbocycles. The van der Waals surface area contributed by atoms with Crippen molar-refractivity contribution in [2.75, 3.05) is 6.54 Å². The van der Waals surface area contributed by atoms with Crippen molar-refractivity contribution in [3.05, 3.63) is 35.7 Å². The molecule has 136 valence electrons. The van der Waals surface area contributed by atoms with Gasteiger partial charge in [0.1, 0.15) is 5.69 Å². The van der Waals surface area contributed by atoms with Gasteiger partial charge < -0.3 is 13.8 Å². The Hall–Kier alpha value is -2.63. The first-order valence-corrected chi connectivity index (χ1v) is 9.31. The average molecular weight is 353 g/mol. The van der Waals surface area contributed by atoms with Gasteiger partial charge in [-0.05, 0) is 44.9 Å². The van der Waals surface area contributed by atoms with E-state index in [-0.39, 0.29) is 5.91 Å². The highest BCUT2D eigenvalue weighted by molar-refractivity contribution is 6.07. The molecule has 3 aromatic rings. The molecule has 0 radical (unpaired) electrons. The maximum Gasteiger partial charge on any atom is 0.259 e. The van der Waals surface area contributed by atoms with Crippen molar-refractivity contribution in [3.63, 3.8) is 0 Å². The molecule has 0 unspecified atom stereocenters. The normalized spacial score (nSPS) is 15.5. The van der Waals surface area contributed by atoms with Crippen LogP contribution < -0.4 is 0 Å². The highest BCUT2D eigenvalue weighted by Crippen LogP contribution is 2.30. The highest BCUT2D eigenvalue weighted by Gasteiger charge is 2.28. The SMILES string of the molecule is CCN(C(=O)c1cc(-c2ccco2)nc2onc(C)c12)C1CCCCC1. The lowest BCUT2D eigenvalue weighted by atomic mass is 9.93. The number of carbonyl (C=O) groups excluding carboxylic acids is 1. The standard InChI is InChI=1S/C20H23N3O3/c1-3-23(14-8-5-4-6-9-14)20(24)15-12-16(17-10-7-11-25-17)21-19-18(15)13(2)22-26-19/h7,10-12,14H,3-6,8-9H2,1-2H3. The van der Waals surface area contributed by atoms with Crippen LogP contribution in [0.15, 0.2) is 33.4 Å². The van der Waals surface area contributed by atoms with Crippen LogP contribution >= 0.6 is 0 Å². The Labute approximate surface area is 152 Å². The second-order valence-electron chi connectivity index (χ2n) is 6.86. The van der Waals surface area contributed by atoms with E-state index in [2.05, 4.69) is 10.1 Å². The van der Waals surface area contributed by atoms with Crippen molar-refractivity contribution in [2.24, 2.45) is 0 Å². The minimum absolute atomic E-state index is 0.0194. The number of fused-ring (bicyclic) bond motifs is 1. The number of furan rings is 1. The van der Waals surface area contributed by atoms with Crippen LogP contribution in [0.3, 0.4) is 0 Å². The Bertz CT molecular complexity index is 908. The fraction of sp³-hybridized carbons (Fsp3) is 0.450. The van der Waals surface area contributed by atoms with Gasteiger partial charge in [-0.3, -0.25) is 4.79 Å². The van der Waals surface area contributed by atoms with Gasteiger partial charge >= 0.3 is 0 Å². The van der Waals surface area contributed by atoms with E-state index in [1.165, 1.54) is 19.3 Å². The number of rotatable bonds is 4. The smallest absolute Gasteiger partial charge is 0.259 e. The Balaban J connectivity index is 1.80. The lowest BCUT2D eigenvalue weighted by Gasteiger charge is -2.33. The van der Waals surface area contributed by atoms with Gasteiger partial charge in [0.05, 0.1) is 22.9 Å². The quantitative estimate of drug-likeness (QED) is 0.686. The summed E-state index contributed by atoms with van der Waals surface area (Å²) in [4.78, 5) is 19.9. The van der Waals surface area contributed by atoms with Crippen LogP contribution in [-0.2, 0) is 0 Å². The van der Waals surface area contributed by atoms with E-state index >= 15 is 0 Å². The zero-order chi connectivity index (χ0) is 18.1. The van der Waals surface area contributed by atoms with Crippen LogP contribution in [0.1, 0.15) is 55.1 Å². The second kappa shape index (κ2) is 6.94. The topological polar surface area (TPSA) is 72.4 Å². The fourth-order valence-corrected chi connectivity index (χ4v) is 3.93. The summed E-state index contributed by atoms with van der Waals surface area (Å²) in [6, 6.07) is 5.73. The molecule has 1 aliphatic rings. The Morgan fingerprint density at radius 3 is 2.81 bits per heavy atom. The number of nitrogens with zero attached hydrogens (tertiary/aromatic N) is 3. The Morgan fingerprint density at radius 1 is 1.31 bits per heavy atom. The van der Waals surface area contributed by atoms with Crippen molar-refractivity contribution in [1.29, 1.82) is 0 Å². The summed E-state index contributed by atoms with van der Waals surface area (Å²) in [6.07, 6.45) is 7.36. The number of aromatic nitrogens is 2. The van der Waals surface area contributed by atoms with Gasteiger partial charge in [0.25, 0.3) is 11.6 Å². The van der Waals surface area contributed by atoms with Crippen LogP contribution in [-0.4, -0.2) is 33.5 Å². The first kappa shape index (κ1) is 16.8. The van der Waals surface area contributed by atoms with Crippen molar-refractivity contribution in [3.8, 4) is 11.5 Å². The van der Waals surface area contributed by atoms with Crippen molar-refractivity contribution >= 4 is 17.0 Å². The maximum absolute atomic E-state index is 13.5. The summed E-state index contributed by atoms with van der Waals surface area (Å²) >= 11 is 0. The first-order chi connectivity index (χ1) is 12.7. The molecule has 0 N–H and O–H groups in total. The molecule has 1 fully saturated rings. The van der Waals surface area contributed by atoms with Gasteiger partial charge in [0.15, 0.2) is 5.76 Å². The molecule has 26 heavy (non-hydrogen) atoms. The Kier molecular flexibility index (Phi) is 4.49. The van der Waals surface area contributed by atoms with E-state index in [4.69, 9.17) is 8.94 Å². The summed E-state index contributed by atoms with van der Waals surface area (Å²) in [5.41, 5.74) is 2.23. The predicted octanol–water partition coefficient (Wildman–Crippen LogP) is 4.59. The summed E-state index contributed by atoms with van der Waals surface area (Å²) < 4.78 is 10.8. The molecule has 1 saturated carbocycles. The van der Waals surface area contributed by atoms with Crippen LogP contribution in [0.25, 0.3) is 22.6 Å². The van der Waals surface area contributed by atoms with Gasteiger partial charge in [0, 0.05) is 12.6 Å². The number of hydrogen-bond donors (Lipinski definition) is 0. The molecule has 4 rings (SSSR count). The highest BCUT2D eigenvalue weighted by atomic mass is 16.5. The van der Waals surface area contributed by atoms with Gasteiger partial charge in [-0.1, -0.05) is 24.4 Å². The molecule has 0 bridgehead atoms. The van der Waals surface area contributed by atoms with E-state index in [9.17, 15) is 4.79 Å². The van der Waals surface area contributed by atoms with E-state index < -0.39 is 0 Å². The largest absolute Gasteiger partial charge is 0.463 e. The van der Waals surface area contributed by atoms with Crippen LogP contribution in [0.5, 0.6) is 0 Å². The summed E-state index contributed by atoms with van der Waals surface area (Å²) in [7, 11) is 0. The van der Waals surface area contributed by atoms with E-state index in [0.717, 1.165) is 12.8 Å². The number of pyridine rings is 1. The molecule has 0 spiro atoms. The minimum Gasteiger partial charge on any atom is -0.463 e. The van der Waals surface area contributed by atoms with Crippen LogP contribution in [0.2, 0.25) is 0 Å². The molecular weight excluding hydrogens is 330 g/mol. The average Bonchev–Trinajstić information content (AvgIpc) is 3.33. The van der Waals surface area contributed by atoms with Crippen LogP contribution in [0.4, 0.5) is 0 Å². The van der Waals surface area contributed by atoms with Gasteiger partial charge in [-0.25, -0.2) is 4.98 Å². The molecule has 3 aromatic heterocycles. The number of amides is 1. The van der Waals surface area contributed by atoms with Crippen molar-refractivity contribution in [1.82, 2.24) is 15.0 Å². The van der Waals surface area contributed by atoms with Crippen molar-refractivity contribution < 1.29 is 13.7 Å². The lowest BCUT2D eigenvalue weighted by molar-refractivity contribution is 0.0650. The molecule has 0 atom stereocenters. The number of hydrogen-bond acceptors (Lipinski definition) is 5. The molecule has 0 saturated heterocycles. The van der Waals surface area contributed by atoms with Gasteiger partial charge in [-0.2, -0.15) is 0 Å². The fourth-order valence-electron chi connectivity index (χ4n) is 3.93. The summed E-state index contributed by atoms with van der Waals surface area (Å²) in [5.74, 6) is 0.627. The third-order valence-corrected chi connectivity index (χ3v) is 5.24. The monoisotopic (exact) mass is 353 g/mol. The van der Waals surface area contributed by atoms with Crippen LogP contribution in [0, 0.1) is 6.92 Å². The maximum atomic E-state index is 13.5. The Morgan fingerprint density at radius 2 is 2.12 bits per heavy atom. The molecule has 6 heteroatoms. The number of carbonyl (C=O) groups is 1. The van der Waals surface area contributed by atoms with Crippen molar-refractivity contribution in [2.45, 2.75) is 52.0 Å². The molecule has 0 aliphatic heterocycles. The molecule has 3 heterocycles. The number of aryl methyl sites for hydroxylation is 1. The zero-order valence-electron chi connectivity index (χ0n) is 15.2. The first-order valence-electron chi connectivity index (χ1n) is 9.31. The summed E-state index contributed by atoms with van der Waals surface area (Å²) in [6.45, 7) is 4.57. The molecule has 1 amide bonds. The van der Waals surface area contributed by atoms with E-state index in [1.807, 2.05) is 24.8 Å². The van der Waals surface area contributed by atoms with E-state index in [0.29, 0.717) is 46.4 Å². The zero-order valence-corrected chi connectivity index (χ0v) is 15.2. The third-order valence-electron chi connectivity index (χ3n) is 5.24. The van der Waals surface area contributed by atoms with E-state index in [1.54, 1.807) is 18.4 Å². The third kappa shape index (κ3) is 2.89. The molecular formula is C20H23N3O3.